The normalized spacial score (nSPS) is 10.9. The van der Waals surface area contributed by atoms with E-state index in [1.54, 1.807) is 0 Å². The molecule has 0 amide bonds. The van der Waals surface area contributed by atoms with Crippen LogP contribution in [-0.2, 0) is 5.33 Å². The Balaban J connectivity index is 1.56. The van der Waals surface area contributed by atoms with Crippen LogP contribution in [0.5, 0.6) is 5.75 Å². The zero-order valence-corrected chi connectivity index (χ0v) is 18.5. The van der Waals surface area contributed by atoms with Gasteiger partial charge >= 0.3 is 0 Å². The van der Waals surface area contributed by atoms with Gasteiger partial charge in [0.1, 0.15) is 5.75 Å². The summed E-state index contributed by atoms with van der Waals surface area (Å²) < 4.78 is 5.90. The van der Waals surface area contributed by atoms with Crippen LogP contribution in [0.25, 0.3) is 11.1 Å². The van der Waals surface area contributed by atoms with Crippen molar-refractivity contribution in [3.05, 3.63) is 54.1 Å². The molecule has 0 atom stereocenters. The quantitative estimate of drug-likeness (QED) is 0.215. The van der Waals surface area contributed by atoms with E-state index in [1.165, 1.54) is 74.5 Å². The van der Waals surface area contributed by atoms with E-state index in [0.29, 0.717) is 0 Å². The molecule has 0 fully saturated rings. The standard InChI is InChI=1S/C25H35BrO/c1-2-3-4-5-6-7-8-9-10-11-20-27-25-18-16-24(17-19-25)23-14-12-22(21-26)13-15-23/h12-19H,2-11,20-21H2,1H3. The second kappa shape index (κ2) is 13.8. The van der Waals surface area contributed by atoms with Crippen LogP contribution < -0.4 is 4.74 Å². The maximum absolute atomic E-state index is 5.90. The predicted molar refractivity (Wildman–Crippen MR) is 122 cm³/mol. The van der Waals surface area contributed by atoms with E-state index < -0.39 is 0 Å². The van der Waals surface area contributed by atoms with Gasteiger partial charge in [-0.05, 0) is 35.2 Å². The second-order valence-corrected chi connectivity index (χ2v) is 7.95. The van der Waals surface area contributed by atoms with Gasteiger partial charge < -0.3 is 4.74 Å². The van der Waals surface area contributed by atoms with E-state index in [0.717, 1.165) is 24.1 Å². The smallest absolute Gasteiger partial charge is 0.119 e. The van der Waals surface area contributed by atoms with Crippen molar-refractivity contribution in [3.63, 3.8) is 0 Å². The van der Waals surface area contributed by atoms with Crippen molar-refractivity contribution >= 4 is 15.9 Å². The van der Waals surface area contributed by atoms with Gasteiger partial charge in [0.2, 0.25) is 0 Å². The van der Waals surface area contributed by atoms with Crippen molar-refractivity contribution < 1.29 is 4.74 Å². The summed E-state index contributed by atoms with van der Waals surface area (Å²) >= 11 is 3.49. The molecule has 0 saturated heterocycles. The summed E-state index contributed by atoms with van der Waals surface area (Å²) in [5.41, 5.74) is 3.79. The van der Waals surface area contributed by atoms with Crippen LogP contribution in [0.15, 0.2) is 48.5 Å². The highest BCUT2D eigenvalue weighted by Crippen LogP contribution is 2.23. The number of hydrogen-bond donors (Lipinski definition) is 0. The number of unbranched alkanes of at least 4 members (excludes halogenated alkanes) is 9. The first kappa shape index (κ1) is 22.0. The third-order valence-electron chi connectivity index (χ3n) is 5.06. The molecule has 0 heterocycles. The number of ether oxygens (including phenoxy) is 1. The highest BCUT2D eigenvalue weighted by Gasteiger charge is 2.00. The summed E-state index contributed by atoms with van der Waals surface area (Å²) in [5.74, 6) is 0.978. The Morgan fingerprint density at radius 3 is 1.63 bits per heavy atom. The summed E-state index contributed by atoms with van der Waals surface area (Å²) in [4.78, 5) is 0. The van der Waals surface area contributed by atoms with Crippen LogP contribution >= 0.6 is 15.9 Å². The van der Waals surface area contributed by atoms with E-state index in [-0.39, 0.29) is 0 Å². The third-order valence-corrected chi connectivity index (χ3v) is 5.71. The Morgan fingerprint density at radius 2 is 1.11 bits per heavy atom. The van der Waals surface area contributed by atoms with Crippen molar-refractivity contribution in [2.45, 2.75) is 76.5 Å². The monoisotopic (exact) mass is 430 g/mol. The maximum atomic E-state index is 5.90. The van der Waals surface area contributed by atoms with Crippen LogP contribution in [0.3, 0.4) is 0 Å². The minimum Gasteiger partial charge on any atom is -0.494 e. The number of alkyl halides is 1. The van der Waals surface area contributed by atoms with Crippen molar-refractivity contribution in [3.8, 4) is 16.9 Å². The van der Waals surface area contributed by atoms with Crippen molar-refractivity contribution in [2.75, 3.05) is 6.61 Å². The number of halogens is 1. The molecule has 0 N–H and O–H groups in total. The van der Waals surface area contributed by atoms with Crippen LogP contribution in [0.1, 0.15) is 76.7 Å². The Morgan fingerprint density at radius 1 is 0.630 bits per heavy atom. The average Bonchev–Trinajstić information content (AvgIpc) is 2.72. The Kier molecular flexibility index (Phi) is 11.3. The molecule has 0 aromatic heterocycles. The lowest BCUT2D eigenvalue weighted by atomic mass is 10.0. The lowest BCUT2D eigenvalue weighted by Crippen LogP contribution is -1.97. The Labute approximate surface area is 174 Å². The molecule has 1 nitrogen and oxygen atoms in total. The van der Waals surface area contributed by atoms with Crippen LogP contribution in [0.2, 0.25) is 0 Å². The van der Waals surface area contributed by atoms with Gasteiger partial charge in [-0.3, -0.25) is 0 Å². The molecule has 0 saturated carbocycles. The molecule has 0 aliphatic carbocycles. The first-order valence-electron chi connectivity index (χ1n) is 10.7. The van der Waals surface area contributed by atoms with Gasteiger partial charge in [-0.25, -0.2) is 0 Å². The largest absolute Gasteiger partial charge is 0.494 e. The molecule has 0 bridgehead atoms. The molecule has 2 aromatic carbocycles. The van der Waals surface area contributed by atoms with E-state index >= 15 is 0 Å². The lowest BCUT2D eigenvalue weighted by molar-refractivity contribution is 0.304. The topological polar surface area (TPSA) is 9.23 Å². The van der Waals surface area contributed by atoms with Crippen LogP contribution in [-0.4, -0.2) is 6.61 Å². The molecule has 2 rings (SSSR count). The van der Waals surface area contributed by atoms with E-state index in [1.807, 2.05) is 0 Å². The summed E-state index contributed by atoms with van der Waals surface area (Å²) in [6.45, 7) is 3.11. The average molecular weight is 431 g/mol. The van der Waals surface area contributed by atoms with Crippen molar-refractivity contribution in [2.24, 2.45) is 0 Å². The Bertz CT molecular complexity index is 603. The lowest BCUT2D eigenvalue weighted by Gasteiger charge is -2.08. The van der Waals surface area contributed by atoms with Crippen LogP contribution in [0, 0.1) is 0 Å². The molecule has 0 aliphatic rings. The highest BCUT2D eigenvalue weighted by atomic mass is 79.9. The van der Waals surface area contributed by atoms with E-state index in [2.05, 4.69) is 71.4 Å². The van der Waals surface area contributed by atoms with Crippen LogP contribution in [0.4, 0.5) is 0 Å². The molecule has 0 radical (unpaired) electrons. The summed E-state index contributed by atoms with van der Waals surface area (Å²) in [7, 11) is 0. The van der Waals surface area contributed by atoms with Crippen molar-refractivity contribution in [1.82, 2.24) is 0 Å². The fraction of sp³-hybridized carbons (Fsp3) is 0.520. The second-order valence-electron chi connectivity index (χ2n) is 7.39. The minimum atomic E-state index is 0.829. The molecule has 2 aromatic rings. The molecule has 2 heteroatoms. The van der Waals surface area contributed by atoms with E-state index in [4.69, 9.17) is 4.74 Å². The van der Waals surface area contributed by atoms with Gasteiger partial charge in [-0.2, -0.15) is 0 Å². The maximum Gasteiger partial charge on any atom is 0.119 e. The van der Waals surface area contributed by atoms with Gasteiger partial charge in [0.05, 0.1) is 6.61 Å². The van der Waals surface area contributed by atoms with E-state index in [9.17, 15) is 0 Å². The number of hydrogen-bond acceptors (Lipinski definition) is 1. The minimum absolute atomic E-state index is 0.829. The van der Waals surface area contributed by atoms with Gasteiger partial charge in [0, 0.05) is 5.33 Å². The van der Waals surface area contributed by atoms with Gasteiger partial charge in [0.25, 0.3) is 0 Å². The number of rotatable bonds is 14. The predicted octanol–water partition coefficient (Wildman–Crippen LogP) is 8.55. The molecular weight excluding hydrogens is 396 g/mol. The number of benzene rings is 2. The molecule has 0 unspecified atom stereocenters. The zero-order valence-electron chi connectivity index (χ0n) is 16.9. The summed E-state index contributed by atoms with van der Waals surface area (Å²) in [6, 6.07) is 17.2. The Hall–Kier alpha value is -1.28. The highest BCUT2D eigenvalue weighted by molar-refractivity contribution is 9.08. The fourth-order valence-corrected chi connectivity index (χ4v) is 3.68. The van der Waals surface area contributed by atoms with Gasteiger partial charge in [-0.1, -0.05) is 117 Å². The molecular formula is C25H35BrO. The van der Waals surface area contributed by atoms with Crippen molar-refractivity contribution in [1.29, 1.82) is 0 Å². The third kappa shape index (κ3) is 8.97. The summed E-state index contributed by atoms with van der Waals surface area (Å²) in [6.07, 6.45) is 13.6. The first-order valence-corrected chi connectivity index (χ1v) is 11.8. The van der Waals surface area contributed by atoms with Gasteiger partial charge in [-0.15, -0.1) is 0 Å². The fourth-order valence-electron chi connectivity index (χ4n) is 3.31. The molecule has 0 aliphatic heterocycles. The zero-order chi connectivity index (χ0) is 19.2. The SMILES string of the molecule is CCCCCCCCCCCCOc1ccc(-c2ccc(CBr)cc2)cc1. The first-order chi connectivity index (χ1) is 13.3. The van der Waals surface area contributed by atoms with Gasteiger partial charge in [0.15, 0.2) is 0 Å². The molecule has 27 heavy (non-hydrogen) atoms. The summed E-state index contributed by atoms with van der Waals surface area (Å²) in [5, 5.41) is 0.902. The molecule has 148 valence electrons. The molecule has 0 spiro atoms.